The fourth-order valence-electron chi connectivity index (χ4n) is 0.985. The molecule has 2 N–H and O–H groups in total. The quantitative estimate of drug-likeness (QED) is 0.374. The summed E-state index contributed by atoms with van der Waals surface area (Å²) in [5, 5.41) is 3.27. The average Bonchev–Trinajstić information content (AvgIpc) is 2.20. The number of hydrogen-bond donors (Lipinski definition) is 2. The van der Waals surface area contributed by atoms with Crippen molar-refractivity contribution < 1.29 is 14.0 Å². The predicted molar refractivity (Wildman–Crippen MR) is 68.6 cm³/mol. The Kier molecular flexibility index (Phi) is 5.28. The number of hydrogen-bond acceptors (Lipinski definition) is 3. The van der Waals surface area contributed by atoms with Gasteiger partial charge in [-0.25, -0.2) is 4.52 Å². The van der Waals surface area contributed by atoms with E-state index in [1.54, 1.807) is 12.1 Å². The van der Waals surface area contributed by atoms with Gasteiger partial charge in [-0.15, -0.1) is 4.89 Å². The molecule has 0 spiro atoms. The Balaban J connectivity index is 2.60. The maximum Gasteiger partial charge on any atom is 0.747 e. The number of nitrogens with one attached hydrogen (secondary N) is 1. The van der Waals surface area contributed by atoms with Crippen LogP contribution in [-0.2, 0) is 4.57 Å². The van der Waals surface area contributed by atoms with Gasteiger partial charge in [-0.2, -0.15) is 0 Å². The minimum Gasteiger partial charge on any atom is -0.373 e. The van der Waals surface area contributed by atoms with Gasteiger partial charge < -0.3 is 5.32 Å². The molecule has 1 rings (SSSR count). The molecule has 0 saturated carbocycles. The smallest absolute Gasteiger partial charge is 0.373 e. The summed E-state index contributed by atoms with van der Waals surface area (Å²) in [5.74, 6) is 0.394. The third-order valence-electron chi connectivity index (χ3n) is 1.72. The number of alkyl halides is 1. The van der Waals surface area contributed by atoms with Crippen molar-refractivity contribution in [3.63, 3.8) is 0 Å². The lowest BCUT2D eigenvalue weighted by Gasteiger charge is -2.10. The molecule has 6 heteroatoms. The maximum absolute atomic E-state index is 10.4. The molecule has 0 bridgehead atoms. The molecular weight excluding hydrogens is 328 g/mol. The van der Waals surface area contributed by atoms with Gasteiger partial charge in [0, 0.05) is 10.3 Å². The summed E-state index contributed by atoms with van der Waals surface area (Å²) in [6.07, 6.45) is 1.03. The summed E-state index contributed by atoms with van der Waals surface area (Å²) in [4.78, 5) is 8.53. The molecule has 0 heterocycles. The molecule has 82 valence electrons. The second-order valence-electron chi connectivity index (χ2n) is 2.87. The first-order valence-electron chi connectivity index (χ1n) is 4.46. The van der Waals surface area contributed by atoms with E-state index in [4.69, 9.17) is 4.89 Å². The molecule has 15 heavy (non-hydrogen) atoms. The van der Waals surface area contributed by atoms with E-state index in [2.05, 4.69) is 39.4 Å². The van der Waals surface area contributed by atoms with E-state index in [0.29, 0.717) is 9.80 Å². The second kappa shape index (κ2) is 6.25. The molecule has 0 radical (unpaired) electrons. The van der Waals surface area contributed by atoms with Crippen LogP contribution in [0.1, 0.15) is 13.3 Å². The van der Waals surface area contributed by atoms with Crippen LogP contribution < -0.4 is 9.84 Å². The lowest BCUT2D eigenvalue weighted by Crippen LogP contribution is -2.09. The summed E-state index contributed by atoms with van der Waals surface area (Å²) in [6.45, 7) is 2.10. The van der Waals surface area contributed by atoms with Crippen molar-refractivity contribution in [2.45, 2.75) is 17.4 Å². The van der Waals surface area contributed by atoms with Crippen LogP contribution in [0, 0.1) is 0 Å². The van der Waals surface area contributed by atoms with Gasteiger partial charge in [-0.3, -0.25) is 0 Å². The molecule has 0 saturated heterocycles. The molecule has 4 nitrogen and oxygen atoms in total. The Morgan fingerprint density at radius 1 is 1.53 bits per heavy atom. The van der Waals surface area contributed by atoms with E-state index in [1.807, 2.05) is 12.1 Å². The van der Waals surface area contributed by atoms with Gasteiger partial charge in [0.15, 0.2) is 5.75 Å². The molecule has 0 fully saturated rings. The first-order valence-corrected chi connectivity index (χ1v) is 6.84. The van der Waals surface area contributed by atoms with E-state index < -0.39 is 8.25 Å². The van der Waals surface area contributed by atoms with Crippen molar-refractivity contribution in [2.75, 3.05) is 5.32 Å². The number of rotatable bonds is 5. The molecule has 1 aromatic carbocycles. The van der Waals surface area contributed by atoms with Crippen molar-refractivity contribution in [1.82, 2.24) is 0 Å². The third kappa shape index (κ3) is 4.77. The van der Waals surface area contributed by atoms with Crippen molar-refractivity contribution in [3.8, 4) is 5.75 Å². The Hall–Kier alpha value is -0.390. The van der Waals surface area contributed by atoms with Crippen molar-refractivity contribution >= 4 is 36.5 Å². The number of halogens is 1. The average molecular weight is 340 g/mol. The zero-order valence-corrected chi connectivity index (χ0v) is 11.2. The molecule has 0 aliphatic rings. The van der Waals surface area contributed by atoms with Crippen LogP contribution >= 0.6 is 30.8 Å². The molecule has 0 aromatic heterocycles. The van der Waals surface area contributed by atoms with Crippen molar-refractivity contribution in [1.29, 1.82) is 0 Å². The summed E-state index contributed by atoms with van der Waals surface area (Å²) < 4.78 is 15.4. The summed E-state index contributed by atoms with van der Waals surface area (Å²) >= 11 is 2.31. The van der Waals surface area contributed by atoms with E-state index in [-0.39, 0.29) is 0 Å². The Morgan fingerprint density at radius 2 is 2.13 bits per heavy atom. The minimum absolute atomic E-state index is 0.379. The maximum atomic E-state index is 10.4. The predicted octanol–water partition coefficient (Wildman–Crippen LogP) is 3.30. The van der Waals surface area contributed by atoms with Crippen LogP contribution in [0.15, 0.2) is 24.3 Å². The summed E-state index contributed by atoms with van der Waals surface area (Å²) in [6, 6.07) is 6.95. The minimum atomic E-state index is -2.58. The largest absolute Gasteiger partial charge is 0.747 e. The molecule has 0 amide bonds. The lowest BCUT2D eigenvalue weighted by molar-refractivity contribution is 0.410. The van der Waals surface area contributed by atoms with E-state index in [9.17, 15) is 4.57 Å². The standard InChI is InChI=1S/C9H11INO3P/c1-2-9(10)11-7-3-5-8(6-4-7)14-15(12)13/h3-6,9,11H,2H2,1H3/p+1. The topological polar surface area (TPSA) is 58.6 Å². The zero-order valence-electron chi connectivity index (χ0n) is 8.18. The van der Waals surface area contributed by atoms with Gasteiger partial charge in [0.1, 0.15) is 0 Å². The molecular formula is C9H12INO3P+. The fourth-order valence-corrected chi connectivity index (χ4v) is 1.65. The molecule has 1 aromatic rings. The highest BCUT2D eigenvalue weighted by molar-refractivity contribution is 14.1. The molecule has 0 aliphatic heterocycles. The molecule has 0 aliphatic carbocycles. The highest BCUT2D eigenvalue weighted by Gasteiger charge is 2.13. The van der Waals surface area contributed by atoms with Gasteiger partial charge >= 0.3 is 8.25 Å². The number of benzene rings is 1. The van der Waals surface area contributed by atoms with Gasteiger partial charge in [0.25, 0.3) is 0 Å². The van der Waals surface area contributed by atoms with E-state index in [0.717, 1.165) is 12.1 Å². The van der Waals surface area contributed by atoms with Crippen LogP contribution in [0.3, 0.4) is 0 Å². The zero-order chi connectivity index (χ0) is 11.3. The van der Waals surface area contributed by atoms with Gasteiger partial charge in [-0.1, -0.05) is 29.5 Å². The van der Waals surface area contributed by atoms with Crippen molar-refractivity contribution in [3.05, 3.63) is 24.3 Å². The van der Waals surface area contributed by atoms with Crippen LogP contribution in [0.4, 0.5) is 5.69 Å². The first-order chi connectivity index (χ1) is 7.11. The molecule has 2 unspecified atom stereocenters. The van der Waals surface area contributed by atoms with Gasteiger partial charge in [0.2, 0.25) is 0 Å². The SMILES string of the molecule is CCC(I)Nc1ccc(O[P+](=O)O)cc1. The molecule has 2 atom stereocenters. The monoisotopic (exact) mass is 340 g/mol. The second-order valence-corrected chi connectivity index (χ2v) is 5.04. The Morgan fingerprint density at radius 3 is 2.60 bits per heavy atom. The van der Waals surface area contributed by atoms with Gasteiger partial charge in [-0.05, 0) is 30.7 Å². The normalized spacial score (nSPS) is 13.1. The van der Waals surface area contributed by atoms with E-state index >= 15 is 0 Å². The van der Waals surface area contributed by atoms with Crippen molar-refractivity contribution in [2.24, 2.45) is 0 Å². The summed E-state index contributed by atoms with van der Waals surface area (Å²) in [5.41, 5.74) is 0.969. The van der Waals surface area contributed by atoms with Crippen LogP contribution in [0.5, 0.6) is 5.75 Å². The highest BCUT2D eigenvalue weighted by atomic mass is 127. The highest BCUT2D eigenvalue weighted by Crippen LogP contribution is 2.24. The Labute approximate surface area is 103 Å². The van der Waals surface area contributed by atoms with Crippen LogP contribution in [0.25, 0.3) is 0 Å². The van der Waals surface area contributed by atoms with Gasteiger partial charge in [0.05, 0.1) is 4.05 Å². The third-order valence-corrected chi connectivity index (χ3v) is 3.28. The summed E-state index contributed by atoms with van der Waals surface area (Å²) in [7, 11) is -2.58. The number of anilines is 1. The first kappa shape index (κ1) is 12.7. The Bertz CT molecular complexity index is 331. The lowest BCUT2D eigenvalue weighted by atomic mass is 10.3. The fraction of sp³-hybridized carbons (Fsp3) is 0.333. The van der Waals surface area contributed by atoms with E-state index in [1.165, 1.54) is 0 Å². The van der Waals surface area contributed by atoms with Crippen LogP contribution in [-0.4, -0.2) is 8.94 Å². The van der Waals surface area contributed by atoms with Crippen LogP contribution in [0.2, 0.25) is 0 Å².